The molecule has 0 aliphatic heterocycles. The zero-order valence-electron chi connectivity index (χ0n) is 11.5. The molecule has 100 valence electrons. The van der Waals surface area contributed by atoms with Gasteiger partial charge in [-0.2, -0.15) is 0 Å². The van der Waals surface area contributed by atoms with Crippen LogP contribution in [0.4, 0.5) is 0 Å². The minimum Gasteiger partial charge on any atom is -0.350 e. The Balaban J connectivity index is 2.09. The number of amides is 1. The van der Waals surface area contributed by atoms with Crippen LogP contribution in [-0.2, 0) is 0 Å². The van der Waals surface area contributed by atoms with Crippen molar-refractivity contribution in [3.8, 4) is 0 Å². The SMILES string of the molecule is CCC(CC)CNC(=O)c1ccc2ccccc2n1. The minimum atomic E-state index is -0.0855. The minimum absolute atomic E-state index is 0.0855. The van der Waals surface area contributed by atoms with Gasteiger partial charge in [-0.3, -0.25) is 4.79 Å². The Morgan fingerprint density at radius 1 is 1.16 bits per heavy atom. The van der Waals surface area contributed by atoms with Crippen molar-refractivity contribution in [2.45, 2.75) is 26.7 Å². The number of para-hydroxylation sites is 1. The second-order valence-electron chi connectivity index (χ2n) is 4.78. The molecule has 0 fully saturated rings. The quantitative estimate of drug-likeness (QED) is 0.890. The molecule has 19 heavy (non-hydrogen) atoms. The van der Waals surface area contributed by atoms with Crippen molar-refractivity contribution in [2.75, 3.05) is 6.54 Å². The number of nitrogens with zero attached hydrogens (tertiary/aromatic N) is 1. The number of rotatable bonds is 5. The Morgan fingerprint density at radius 3 is 2.63 bits per heavy atom. The third-order valence-electron chi connectivity index (χ3n) is 3.54. The largest absolute Gasteiger partial charge is 0.350 e. The van der Waals surface area contributed by atoms with Crippen LogP contribution in [0.2, 0.25) is 0 Å². The molecule has 1 aromatic carbocycles. The summed E-state index contributed by atoms with van der Waals surface area (Å²) in [6, 6.07) is 11.5. The first-order chi connectivity index (χ1) is 9.24. The summed E-state index contributed by atoms with van der Waals surface area (Å²) in [6.45, 7) is 5.02. The molecule has 0 unspecified atom stereocenters. The molecule has 0 aliphatic carbocycles. The second-order valence-corrected chi connectivity index (χ2v) is 4.78. The maximum absolute atomic E-state index is 12.1. The maximum atomic E-state index is 12.1. The molecule has 0 aliphatic rings. The summed E-state index contributed by atoms with van der Waals surface area (Å²) in [5, 5.41) is 4.02. The normalized spacial score (nSPS) is 10.9. The van der Waals surface area contributed by atoms with Crippen molar-refractivity contribution in [1.29, 1.82) is 0 Å². The average Bonchev–Trinajstić information content (AvgIpc) is 2.47. The summed E-state index contributed by atoms with van der Waals surface area (Å²) < 4.78 is 0. The molecular formula is C16H20N2O. The highest BCUT2D eigenvalue weighted by molar-refractivity contribution is 5.94. The summed E-state index contributed by atoms with van der Waals surface area (Å²) >= 11 is 0. The molecule has 2 aromatic rings. The van der Waals surface area contributed by atoms with E-state index in [4.69, 9.17) is 0 Å². The number of fused-ring (bicyclic) bond motifs is 1. The van der Waals surface area contributed by atoms with Crippen LogP contribution in [0.1, 0.15) is 37.2 Å². The Labute approximate surface area is 114 Å². The molecule has 1 N–H and O–H groups in total. The molecule has 0 saturated carbocycles. The van der Waals surface area contributed by atoms with Gasteiger partial charge in [0.2, 0.25) is 0 Å². The van der Waals surface area contributed by atoms with Crippen molar-refractivity contribution in [3.05, 3.63) is 42.1 Å². The van der Waals surface area contributed by atoms with Crippen LogP contribution in [0.5, 0.6) is 0 Å². The number of pyridine rings is 1. The van der Waals surface area contributed by atoms with E-state index in [1.54, 1.807) is 6.07 Å². The van der Waals surface area contributed by atoms with Crippen molar-refractivity contribution < 1.29 is 4.79 Å². The van der Waals surface area contributed by atoms with Crippen LogP contribution in [0.3, 0.4) is 0 Å². The standard InChI is InChI=1S/C16H20N2O/c1-3-12(4-2)11-17-16(19)15-10-9-13-7-5-6-8-14(13)18-15/h5-10,12H,3-4,11H2,1-2H3,(H,17,19). The maximum Gasteiger partial charge on any atom is 0.269 e. The highest BCUT2D eigenvalue weighted by Crippen LogP contribution is 2.12. The van der Waals surface area contributed by atoms with Gasteiger partial charge in [-0.25, -0.2) is 4.98 Å². The van der Waals surface area contributed by atoms with Crippen LogP contribution in [0.15, 0.2) is 36.4 Å². The highest BCUT2D eigenvalue weighted by atomic mass is 16.1. The van der Waals surface area contributed by atoms with Crippen LogP contribution in [0, 0.1) is 5.92 Å². The van der Waals surface area contributed by atoms with Crippen molar-refractivity contribution >= 4 is 16.8 Å². The van der Waals surface area contributed by atoms with Gasteiger partial charge in [0.1, 0.15) is 5.69 Å². The van der Waals surface area contributed by atoms with E-state index in [1.165, 1.54) is 0 Å². The summed E-state index contributed by atoms with van der Waals surface area (Å²) in [5.41, 5.74) is 1.35. The molecule has 1 aromatic heterocycles. The first-order valence-corrected chi connectivity index (χ1v) is 6.88. The number of hydrogen-bond acceptors (Lipinski definition) is 2. The molecule has 1 heterocycles. The molecule has 0 atom stereocenters. The van der Waals surface area contributed by atoms with Crippen molar-refractivity contribution in [3.63, 3.8) is 0 Å². The fourth-order valence-corrected chi connectivity index (χ4v) is 2.10. The van der Waals surface area contributed by atoms with E-state index in [9.17, 15) is 4.79 Å². The van der Waals surface area contributed by atoms with Gasteiger partial charge in [0.05, 0.1) is 5.52 Å². The third kappa shape index (κ3) is 3.31. The van der Waals surface area contributed by atoms with Crippen molar-refractivity contribution in [2.24, 2.45) is 5.92 Å². The molecule has 1 amide bonds. The fourth-order valence-electron chi connectivity index (χ4n) is 2.10. The van der Waals surface area contributed by atoms with Gasteiger partial charge in [-0.1, -0.05) is 51.0 Å². The second kappa shape index (κ2) is 6.32. The lowest BCUT2D eigenvalue weighted by Crippen LogP contribution is -2.29. The van der Waals surface area contributed by atoms with Gasteiger partial charge in [0.25, 0.3) is 5.91 Å². The molecule has 0 radical (unpaired) electrons. The molecule has 0 spiro atoms. The van der Waals surface area contributed by atoms with E-state index in [-0.39, 0.29) is 5.91 Å². The molecule has 3 heteroatoms. The molecule has 2 rings (SSSR count). The van der Waals surface area contributed by atoms with Crippen LogP contribution in [-0.4, -0.2) is 17.4 Å². The van der Waals surface area contributed by atoms with E-state index in [1.807, 2.05) is 30.3 Å². The average molecular weight is 256 g/mol. The lowest BCUT2D eigenvalue weighted by atomic mass is 10.0. The van der Waals surface area contributed by atoms with Crippen LogP contribution >= 0.6 is 0 Å². The van der Waals surface area contributed by atoms with E-state index in [0.29, 0.717) is 11.6 Å². The fraction of sp³-hybridized carbons (Fsp3) is 0.375. The summed E-state index contributed by atoms with van der Waals surface area (Å²) in [4.78, 5) is 16.4. The monoisotopic (exact) mass is 256 g/mol. The number of carbonyl (C=O) groups is 1. The zero-order valence-corrected chi connectivity index (χ0v) is 11.5. The number of hydrogen-bond donors (Lipinski definition) is 1. The molecule has 0 bridgehead atoms. The first kappa shape index (κ1) is 13.5. The van der Waals surface area contributed by atoms with Gasteiger partial charge in [-0.15, -0.1) is 0 Å². The number of carbonyl (C=O) groups excluding carboxylic acids is 1. The van der Waals surface area contributed by atoms with E-state index >= 15 is 0 Å². The van der Waals surface area contributed by atoms with E-state index < -0.39 is 0 Å². The smallest absolute Gasteiger partial charge is 0.269 e. The van der Waals surface area contributed by atoms with Gasteiger partial charge in [-0.05, 0) is 18.1 Å². The third-order valence-corrected chi connectivity index (χ3v) is 3.54. The summed E-state index contributed by atoms with van der Waals surface area (Å²) in [6.07, 6.45) is 2.17. The predicted octanol–water partition coefficient (Wildman–Crippen LogP) is 3.40. The number of aromatic nitrogens is 1. The van der Waals surface area contributed by atoms with Crippen LogP contribution < -0.4 is 5.32 Å². The lowest BCUT2D eigenvalue weighted by molar-refractivity contribution is 0.0942. The van der Waals surface area contributed by atoms with Gasteiger partial charge < -0.3 is 5.32 Å². The molecular weight excluding hydrogens is 236 g/mol. The lowest BCUT2D eigenvalue weighted by Gasteiger charge is -2.13. The van der Waals surface area contributed by atoms with Gasteiger partial charge in [0.15, 0.2) is 0 Å². The molecule has 3 nitrogen and oxygen atoms in total. The van der Waals surface area contributed by atoms with E-state index in [2.05, 4.69) is 24.1 Å². The predicted molar refractivity (Wildman–Crippen MR) is 78.1 cm³/mol. The van der Waals surface area contributed by atoms with Gasteiger partial charge >= 0.3 is 0 Å². The summed E-state index contributed by atoms with van der Waals surface area (Å²) in [5.74, 6) is 0.460. The van der Waals surface area contributed by atoms with Gasteiger partial charge in [0, 0.05) is 11.9 Å². The Hall–Kier alpha value is -1.90. The van der Waals surface area contributed by atoms with E-state index in [0.717, 1.165) is 30.3 Å². The Morgan fingerprint density at radius 2 is 1.89 bits per heavy atom. The topological polar surface area (TPSA) is 42.0 Å². The summed E-state index contributed by atoms with van der Waals surface area (Å²) in [7, 11) is 0. The Bertz CT molecular complexity index is 561. The van der Waals surface area contributed by atoms with Crippen molar-refractivity contribution in [1.82, 2.24) is 10.3 Å². The highest BCUT2D eigenvalue weighted by Gasteiger charge is 2.10. The Kier molecular flexibility index (Phi) is 4.50. The van der Waals surface area contributed by atoms with Crippen LogP contribution in [0.25, 0.3) is 10.9 Å². The first-order valence-electron chi connectivity index (χ1n) is 6.88. The number of nitrogens with one attached hydrogen (secondary N) is 1. The zero-order chi connectivity index (χ0) is 13.7. The number of benzene rings is 1. The molecule has 0 saturated heterocycles.